The molecular formula is C12H19N5. The Hall–Kier alpha value is -1.62. The highest BCUT2D eigenvalue weighted by molar-refractivity contribution is 5.11. The van der Waals surface area contributed by atoms with Crippen LogP contribution in [-0.4, -0.2) is 26.6 Å². The largest absolute Gasteiger partial charge is 0.314 e. The van der Waals surface area contributed by atoms with E-state index < -0.39 is 0 Å². The van der Waals surface area contributed by atoms with Crippen molar-refractivity contribution in [2.45, 2.75) is 33.5 Å². The van der Waals surface area contributed by atoms with E-state index in [-0.39, 0.29) is 0 Å². The third-order valence-electron chi connectivity index (χ3n) is 2.76. The molecule has 92 valence electrons. The Morgan fingerprint density at radius 1 is 1.29 bits per heavy atom. The highest BCUT2D eigenvalue weighted by atomic mass is 15.3. The van der Waals surface area contributed by atoms with Crippen LogP contribution in [0.1, 0.15) is 24.0 Å². The molecule has 0 aliphatic heterocycles. The van der Waals surface area contributed by atoms with Crippen LogP contribution in [-0.2, 0) is 19.6 Å². The van der Waals surface area contributed by atoms with Crippen molar-refractivity contribution in [1.82, 2.24) is 24.9 Å². The summed E-state index contributed by atoms with van der Waals surface area (Å²) in [6, 6.07) is 4.16. The second-order valence-electron chi connectivity index (χ2n) is 4.10. The lowest BCUT2D eigenvalue weighted by Gasteiger charge is -2.08. The first-order valence-corrected chi connectivity index (χ1v) is 5.93. The van der Waals surface area contributed by atoms with E-state index in [2.05, 4.69) is 28.5 Å². The van der Waals surface area contributed by atoms with Crippen molar-refractivity contribution in [2.75, 3.05) is 7.05 Å². The van der Waals surface area contributed by atoms with Gasteiger partial charge in [-0.15, -0.1) is 0 Å². The fourth-order valence-corrected chi connectivity index (χ4v) is 1.99. The number of hydrogen-bond donors (Lipinski definition) is 1. The van der Waals surface area contributed by atoms with Crippen LogP contribution in [0.5, 0.6) is 0 Å². The summed E-state index contributed by atoms with van der Waals surface area (Å²) in [7, 11) is 1.94. The Labute approximate surface area is 101 Å². The molecule has 5 heteroatoms. The van der Waals surface area contributed by atoms with Crippen LogP contribution in [0.2, 0.25) is 0 Å². The molecule has 2 aromatic rings. The monoisotopic (exact) mass is 233 g/mol. The molecule has 5 nitrogen and oxygen atoms in total. The standard InChI is InChI=1S/C12H19N5/c1-4-16-12(7-10(2)15-16)9-17-11(8-13-3)5-6-14-17/h5-7,13H,4,8-9H2,1-3H3. The van der Waals surface area contributed by atoms with E-state index in [9.17, 15) is 0 Å². The molecule has 0 bridgehead atoms. The molecular weight excluding hydrogens is 214 g/mol. The Bertz CT molecular complexity index is 483. The van der Waals surface area contributed by atoms with Crippen molar-refractivity contribution >= 4 is 0 Å². The number of rotatable bonds is 5. The van der Waals surface area contributed by atoms with Crippen molar-refractivity contribution in [3.63, 3.8) is 0 Å². The summed E-state index contributed by atoms with van der Waals surface area (Å²) in [5.74, 6) is 0. The van der Waals surface area contributed by atoms with Gasteiger partial charge >= 0.3 is 0 Å². The molecule has 0 saturated heterocycles. The second-order valence-corrected chi connectivity index (χ2v) is 4.10. The lowest BCUT2D eigenvalue weighted by Crippen LogP contribution is -2.15. The van der Waals surface area contributed by atoms with Gasteiger partial charge in [-0.3, -0.25) is 9.36 Å². The maximum Gasteiger partial charge on any atom is 0.0832 e. The first-order valence-electron chi connectivity index (χ1n) is 5.93. The Kier molecular flexibility index (Phi) is 3.58. The van der Waals surface area contributed by atoms with Gasteiger partial charge in [0.1, 0.15) is 0 Å². The molecule has 2 heterocycles. The van der Waals surface area contributed by atoms with Gasteiger partial charge in [-0.05, 0) is 33.0 Å². The van der Waals surface area contributed by atoms with Crippen molar-refractivity contribution in [3.05, 3.63) is 35.4 Å². The van der Waals surface area contributed by atoms with E-state index >= 15 is 0 Å². The van der Waals surface area contributed by atoms with E-state index in [0.29, 0.717) is 0 Å². The molecule has 0 spiro atoms. The molecule has 0 aliphatic rings. The van der Waals surface area contributed by atoms with Crippen LogP contribution in [0.4, 0.5) is 0 Å². The first kappa shape index (κ1) is 11.9. The van der Waals surface area contributed by atoms with Crippen LogP contribution in [0.25, 0.3) is 0 Å². The molecule has 1 N–H and O–H groups in total. The summed E-state index contributed by atoms with van der Waals surface area (Å²) in [5.41, 5.74) is 3.45. The van der Waals surface area contributed by atoms with E-state index in [0.717, 1.165) is 25.3 Å². The first-order chi connectivity index (χ1) is 8.24. The SMILES string of the molecule is CCn1nc(C)cc1Cn1nccc1CNC. The molecule has 17 heavy (non-hydrogen) atoms. The predicted molar refractivity (Wildman–Crippen MR) is 66.7 cm³/mol. The smallest absolute Gasteiger partial charge is 0.0832 e. The number of hydrogen-bond acceptors (Lipinski definition) is 3. The second kappa shape index (κ2) is 5.14. The van der Waals surface area contributed by atoms with Crippen molar-refractivity contribution in [2.24, 2.45) is 0 Å². The average Bonchev–Trinajstić information content (AvgIpc) is 2.87. The van der Waals surface area contributed by atoms with Crippen LogP contribution in [0.15, 0.2) is 18.3 Å². The Balaban J connectivity index is 2.21. The molecule has 0 unspecified atom stereocenters. The normalized spacial score (nSPS) is 11.0. The Morgan fingerprint density at radius 2 is 2.12 bits per heavy atom. The zero-order chi connectivity index (χ0) is 12.3. The van der Waals surface area contributed by atoms with Crippen molar-refractivity contribution < 1.29 is 0 Å². The van der Waals surface area contributed by atoms with Crippen LogP contribution >= 0.6 is 0 Å². The highest BCUT2D eigenvalue weighted by Gasteiger charge is 2.07. The van der Waals surface area contributed by atoms with Gasteiger partial charge in [-0.25, -0.2) is 0 Å². The van der Waals surface area contributed by atoms with Gasteiger partial charge in [-0.2, -0.15) is 10.2 Å². The van der Waals surface area contributed by atoms with Crippen LogP contribution < -0.4 is 5.32 Å². The molecule has 0 amide bonds. The minimum atomic E-state index is 0.776. The third-order valence-corrected chi connectivity index (χ3v) is 2.76. The third kappa shape index (κ3) is 2.55. The quantitative estimate of drug-likeness (QED) is 0.843. The average molecular weight is 233 g/mol. The molecule has 0 saturated carbocycles. The summed E-state index contributed by atoms with van der Waals surface area (Å²) in [5, 5.41) is 11.9. The molecule has 0 fully saturated rings. The van der Waals surface area contributed by atoms with E-state index in [4.69, 9.17) is 0 Å². The van der Waals surface area contributed by atoms with Gasteiger partial charge in [0, 0.05) is 19.3 Å². The van der Waals surface area contributed by atoms with E-state index in [1.807, 2.05) is 35.6 Å². The summed E-state index contributed by atoms with van der Waals surface area (Å²) in [6.07, 6.45) is 1.84. The number of nitrogens with one attached hydrogen (secondary N) is 1. The van der Waals surface area contributed by atoms with Gasteiger partial charge in [0.25, 0.3) is 0 Å². The Morgan fingerprint density at radius 3 is 2.82 bits per heavy atom. The predicted octanol–water partition coefficient (Wildman–Crippen LogP) is 1.18. The summed E-state index contributed by atoms with van der Waals surface area (Å²) in [6.45, 7) is 6.63. The summed E-state index contributed by atoms with van der Waals surface area (Å²) < 4.78 is 4.04. The van der Waals surface area contributed by atoms with Crippen LogP contribution in [0, 0.1) is 6.92 Å². The number of aromatic nitrogens is 4. The molecule has 0 aromatic carbocycles. The summed E-state index contributed by atoms with van der Waals surface area (Å²) >= 11 is 0. The zero-order valence-electron chi connectivity index (χ0n) is 10.6. The van der Waals surface area contributed by atoms with Gasteiger partial charge in [0.15, 0.2) is 0 Å². The van der Waals surface area contributed by atoms with Crippen molar-refractivity contribution in [1.29, 1.82) is 0 Å². The van der Waals surface area contributed by atoms with Gasteiger partial charge in [-0.1, -0.05) is 0 Å². The van der Waals surface area contributed by atoms with Gasteiger partial charge < -0.3 is 5.32 Å². The lowest BCUT2D eigenvalue weighted by molar-refractivity contribution is 0.556. The molecule has 0 aliphatic carbocycles. The molecule has 2 aromatic heterocycles. The molecule has 2 rings (SSSR count). The minimum absolute atomic E-state index is 0.776. The summed E-state index contributed by atoms with van der Waals surface area (Å²) in [4.78, 5) is 0. The van der Waals surface area contributed by atoms with Crippen molar-refractivity contribution in [3.8, 4) is 0 Å². The van der Waals surface area contributed by atoms with Gasteiger partial charge in [0.05, 0.1) is 23.6 Å². The maximum atomic E-state index is 4.45. The lowest BCUT2D eigenvalue weighted by atomic mass is 10.3. The minimum Gasteiger partial charge on any atom is -0.314 e. The number of nitrogens with zero attached hydrogens (tertiary/aromatic N) is 4. The topological polar surface area (TPSA) is 47.7 Å². The zero-order valence-corrected chi connectivity index (χ0v) is 10.6. The van der Waals surface area contributed by atoms with E-state index in [1.54, 1.807) is 0 Å². The fraction of sp³-hybridized carbons (Fsp3) is 0.500. The highest BCUT2D eigenvalue weighted by Crippen LogP contribution is 2.08. The van der Waals surface area contributed by atoms with Crippen LogP contribution in [0.3, 0.4) is 0 Å². The molecule has 0 radical (unpaired) electrons. The molecule has 0 atom stereocenters. The van der Waals surface area contributed by atoms with E-state index in [1.165, 1.54) is 11.4 Å². The fourth-order valence-electron chi connectivity index (χ4n) is 1.99. The van der Waals surface area contributed by atoms with Gasteiger partial charge in [0.2, 0.25) is 0 Å². The maximum absolute atomic E-state index is 4.45. The number of aryl methyl sites for hydroxylation is 2.